The molecule has 0 spiro atoms. The summed E-state index contributed by atoms with van der Waals surface area (Å²) in [5, 5.41) is 2.99. The highest BCUT2D eigenvalue weighted by Crippen LogP contribution is 2.08. The van der Waals surface area contributed by atoms with Gasteiger partial charge < -0.3 is 10.2 Å². The minimum Gasteiger partial charge on any atom is -0.350 e. The van der Waals surface area contributed by atoms with Crippen molar-refractivity contribution in [2.24, 2.45) is 5.92 Å². The van der Waals surface area contributed by atoms with Crippen molar-refractivity contribution in [2.45, 2.75) is 25.8 Å². The number of alkyl halides is 1. The van der Waals surface area contributed by atoms with Gasteiger partial charge in [-0.05, 0) is 37.7 Å². The zero-order chi connectivity index (χ0) is 14.4. The second-order valence-corrected chi connectivity index (χ2v) is 5.58. The lowest BCUT2D eigenvalue weighted by atomic mass is 10.0. The van der Waals surface area contributed by atoms with E-state index in [2.05, 4.69) is 24.1 Å². The van der Waals surface area contributed by atoms with Crippen LogP contribution in [-0.2, 0) is 5.88 Å². The molecule has 19 heavy (non-hydrogen) atoms. The predicted molar refractivity (Wildman–Crippen MR) is 80.6 cm³/mol. The number of hydrogen-bond acceptors (Lipinski definition) is 2. The van der Waals surface area contributed by atoms with E-state index in [1.165, 1.54) is 0 Å². The number of carbonyl (C=O) groups is 1. The SMILES string of the molecule is CC(C)C(CNC(=O)c1ccc(CCl)cc1)N(C)C. The van der Waals surface area contributed by atoms with E-state index in [-0.39, 0.29) is 5.91 Å². The third kappa shape index (κ3) is 4.84. The van der Waals surface area contributed by atoms with Gasteiger partial charge in [0.2, 0.25) is 0 Å². The molecule has 0 saturated heterocycles. The Morgan fingerprint density at radius 2 is 1.84 bits per heavy atom. The minimum absolute atomic E-state index is 0.0337. The summed E-state index contributed by atoms with van der Waals surface area (Å²) in [4.78, 5) is 14.2. The molecule has 1 aromatic rings. The molecule has 0 aliphatic carbocycles. The molecule has 1 unspecified atom stereocenters. The number of nitrogens with one attached hydrogen (secondary N) is 1. The van der Waals surface area contributed by atoms with Gasteiger partial charge in [0.05, 0.1) is 0 Å². The first-order valence-electron chi connectivity index (χ1n) is 6.55. The van der Waals surface area contributed by atoms with Crippen molar-refractivity contribution in [3.05, 3.63) is 35.4 Å². The van der Waals surface area contributed by atoms with Gasteiger partial charge in [-0.1, -0.05) is 26.0 Å². The quantitative estimate of drug-likeness (QED) is 0.814. The van der Waals surface area contributed by atoms with Crippen molar-refractivity contribution < 1.29 is 4.79 Å². The lowest BCUT2D eigenvalue weighted by molar-refractivity contribution is 0.0934. The third-order valence-electron chi connectivity index (χ3n) is 3.28. The Hall–Kier alpha value is -1.06. The van der Waals surface area contributed by atoms with Crippen LogP contribution in [-0.4, -0.2) is 37.5 Å². The van der Waals surface area contributed by atoms with Crippen molar-refractivity contribution in [2.75, 3.05) is 20.6 Å². The average molecular weight is 283 g/mol. The minimum atomic E-state index is -0.0337. The van der Waals surface area contributed by atoms with Gasteiger partial charge in [-0.3, -0.25) is 4.79 Å². The fraction of sp³-hybridized carbons (Fsp3) is 0.533. The maximum Gasteiger partial charge on any atom is 0.251 e. The second kappa shape index (κ2) is 7.51. The molecule has 1 amide bonds. The Kier molecular flexibility index (Phi) is 6.32. The van der Waals surface area contributed by atoms with Crippen LogP contribution in [0.2, 0.25) is 0 Å². The molecule has 0 radical (unpaired) electrons. The van der Waals surface area contributed by atoms with Crippen LogP contribution in [0.4, 0.5) is 0 Å². The third-order valence-corrected chi connectivity index (χ3v) is 3.58. The number of benzene rings is 1. The Morgan fingerprint density at radius 3 is 2.26 bits per heavy atom. The van der Waals surface area contributed by atoms with E-state index < -0.39 is 0 Å². The highest BCUT2D eigenvalue weighted by atomic mass is 35.5. The highest BCUT2D eigenvalue weighted by molar-refractivity contribution is 6.17. The van der Waals surface area contributed by atoms with E-state index in [4.69, 9.17) is 11.6 Å². The van der Waals surface area contributed by atoms with Crippen LogP contribution in [0.1, 0.15) is 29.8 Å². The first-order chi connectivity index (χ1) is 8.95. The molecule has 0 heterocycles. The van der Waals surface area contributed by atoms with E-state index in [1.54, 1.807) is 0 Å². The number of hydrogen-bond donors (Lipinski definition) is 1. The Bertz CT molecular complexity index is 393. The van der Waals surface area contributed by atoms with Crippen LogP contribution in [0.5, 0.6) is 0 Å². The molecular formula is C15H23ClN2O. The van der Waals surface area contributed by atoms with Crippen LogP contribution >= 0.6 is 11.6 Å². The largest absolute Gasteiger partial charge is 0.350 e. The van der Waals surface area contributed by atoms with Crippen LogP contribution < -0.4 is 5.32 Å². The molecule has 0 aliphatic rings. The van der Waals surface area contributed by atoms with Crippen molar-refractivity contribution in [3.63, 3.8) is 0 Å². The van der Waals surface area contributed by atoms with Gasteiger partial charge in [0.1, 0.15) is 0 Å². The summed E-state index contributed by atoms with van der Waals surface area (Å²) >= 11 is 5.73. The van der Waals surface area contributed by atoms with Gasteiger partial charge in [-0.25, -0.2) is 0 Å². The molecule has 3 nitrogen and oxygen atoms in total. The molecule has 4 heteroatoms. The molecule has 0 saturated carbocycles. The Labute approximate surface area is 120 Å². The zero-order valence-electron chi connectivity index (χ0n) is 12.1. The molecule has 0 aromatic heterocycles. The van der Waals surface area contributed by atoms with Gasteiger partial charge in [-0.15, -0.1) is 11.6 Å². The summed E-state index contributed by atoms with van der Waals surface area (Å²) < 4.78 is 0. The first kappa shape index (κ1) is 16.0. The molecular weight excluding hydrogens is 260 g/mol. The monoisotopic (exact) mass is 282 g/mol. The summed E-state index contributed by atoms with van der Waals surface area (Å²) in [6.45, 7) is 4.97. The predicted octanol–water partition coefficient (Wildman–Crippen LogP) is 2.74. The van der Waals surface area contributed by atoms with Gasteiger partial charge in [0.15, 0.2) is 0 Å². The van der Waals surface area contributed by atoms with E-state index >= 15 is 0 Å². The number of carbonyl (C=O) groups excluding carboxylic acids is 1. The summed E-state index contributed by atoms with van der Waals surface area (Å²) in [6, 6.07) is 7.73. The molecule has 1 rings (SSSR count). The zero-order valence-corrected chi connectivity index (χ0v) is 12.9. The van der Waals surface area contributed by atoms with Crippen molar-refractivity contribution in [1.82, 2.24) is 10.2 Å². The molecule has 1 atom stereocenters. The molecule has 1 N–H and O–H groups in total. The Morgan fingerprint density at radius 1 is 1.26 bits per heavy atom. The van der Waals surface area contributed by atoms with Crippen molar-refractivity contribution in [3.8, 4) is 0 Å². The number of likely N-dealkylation sites (N-methyl/N-ethyl adjacent to an activating group) is 1. The highest BCUT2D eigenvalue weighted by Gasteiger charge is 2.16. The summed E-state index contributed by atoms with van der Waals surface area (Å²) in [5.74, 6) is 0.931. The van der Waals surface area contributed by atoms with Gasteiger partial charge in [-0.2, -0.15) is 0 Å². The first-order valence-corrected chi connectivity index (χ1v) is 7.08. The van der Waals surface area contributed by atoms with E-state index in [1.807, 2.05) is 38.4 Å². The molecule has 0 bridgehead atoms. The normalized spacial score (nSPS) is 12.8. The molecule has 0 aliphatic heterocycles. The maximum absolute atomic E-state index is 12.0. The molecule has 1 aromatic carbocycles. The topological polar surface area (TPSA) is 32.3 Å². The number of halogens is 1. The Balaban J connectivity index is 2.58. The van der Waals surface area contributed by atoms with Crippen molar-refractivity contribution in [1.29, 1.82) is 0 Å². The van der Waals surface area contributed by atoms with Crippen LogP contribution in [0, 0.1) is 5.92 Å². The average Bonchev–Trinajstić information content (AvgIpc) is 2.38. The lowest BCUT2D eigenvalue weighted by Crippen LogP contribution is -2.43. The smallest absolute Gasteiger partial charge is 0.251 e. The number of rotatable bonds is 6. The maximum atomic E-state index is 12.0. The van der Waals surface area contributed by atoms with Gasteiger partial charge in [0.25, 0.3) is 5.91 Å². The number of nitrogens with zero attached hydrogens (tertiary/aromatic N) is 1. The second-order valence-electron chi connectivity index (χ2n) is 5.32. The van der Waals surface area contributed by atoms with Gasteiger partial charge >= 0.3 is 0 Å². The van der Waals surface area contributed by atoms with Crippen LogP contribution in [0.15, 0.2) is 24.3 Å². The van der Waals surface area contributed by atoms with E-state index in [9.17, 15) is 4.79 Å². The fourth-order valence-corrected chi connectivity index (χ4v) is 2.24. The summed E-state index contributed by atoms with van der Waals surface area (Å²) in [7, 11) is 4.07. The molecule has 0 fully saturated rings. The van der Waals surface area contributed by atoms with Crippen molar-refractivity contribution >= 4 is 17.5 Å². The van der Waals surface area contributed by atoms with Gasteiger partial charge in [0, 0.05) is 24.0 Å². The number of amides is 1. The van der Waals surface area contributed by atoms with E-state index in [0.717, 1.165) is 5.56 Å². The summed E-state index contributed by atoms with van der Waals surface area (Å²) in [5.41, 5.74) is 1.70. The van der Waals surface area contributed by atoms with E-state index in [0.29, 0.717) is 29.9 Å². The standard InChI is InChI=1S/C15H23ClN2O/c1-11(2)14(18(3)4)10-17-15(19)13-7-5-12(9-16)6-8-13/h5-8,11,14H,9-10H2,1-4H3,(H,17,19). The summed E-state index contributed by atoms with van der Waals surface area (Å²) in [6.07, 6.45) is 0. The fourth-order valence-electron chi connectivity index (χ4n) is 2.06. The molecule has 106 valence electrons. The lowest BCUT2D eigenvalue weighted by Gasteiger charge is -2.28. The van der Waals surface area contributed by atoms with Crippen LogP contribution in [0.3, 0.4) is 0 Å². The van der Waals surface area contributed by atoms with Crippen LogP contribution in [0.25, 0.3) is 0 Å².